The van der Waals surface area contributed by atoms with Crippen LogP contribution < -0.4 is 0 Å². The normalized spacial score (nSPS) is 16.1. The van der Waals surface area contributed by atoms with Crippen LogP contribution in [0.3, 0.4) is 0 Å². The van der Waals surface area contributed by atoms with E-state index in [2.05, 4.69) is 4.98 Å². The van der Waals surface area contributed by atoms with Gasteiger partial charge in [-0.1, -0.05) is 13.8 Å². The Morgan fingerprint density at radius 2 is 1.69 bits per heavy atom. The number of carbonyl (C=O) groups excluding carboxylic acids is 1. The van der Waals surface area contributed by atoms with Crippen LogP contribution >= 0.6 is 0 Å². The third-order valence-electron chi connectivity index (χ3n) is 6.83. The summed E-state index contributed by atoms with van der Waals surface area (Å²) in [6.07, 6.45) is -6.18. The molecule has 0 saturated heterocycles. The molecule has 1 heterocycles. The molecule has 0 radical (unpaired) electrons. The molecule has 1 N–H and O–H groups in total. The number of unbranched alkanes of at least 4 members (excludes halogenated alkanes) is 1. The number of carbonyl (C=O) groups is 1. The van der Waals surface area contributed by atoms with Gasteiger partial charge in [-0.05, 0) is 63.6 Å². The van der Waals surface area contributed by atoms with Crippen LogP contribution in [0, 0.1) is 5.41 Å². The van der Waals surface area contributed by atoms with Gasteiger partial charge in [0.2, 0.25) is 0 Å². The quantitative estimate of drug-likeness (QED) is 0.288. The Labute approximate surface area is 200 Å². The molecular weight excluding hydrogens is 474 g/mol. The molecule has 1 aliphatic carbocycles. The molecule has 196 valence electrons. The second-order valence-electron chi connectivity index (χ2n) is 10.7. The summed E-state index contributed by atoms with van der Waals surface area (Å²) < 4.78 is 82.6. The molecule has 1 aromatic heterocycles. The second-order valence-corrected chi connectivity index (χ2v) is 10.7. The van der Waals surface area contributed by atoms with Crippen LogP contribution in [0.25, 0.3) is 11.0 Å². The maximum absolute atomic E-state index is 13.9. The first-order valence-electron chi connectivity index (χ1n) is 11.8. The van der Waals surface area contributed by atoms with Crippen molar-refractivity contribution >= 4 is 16.8 Å². The van der Waals surface area contributed by atoms with Gasteiger partial charge in [0.05, 0.1) is 22.1 Å². The molecule has 0 atom stereocenters. The predicted octanol–water partition coefficient (Wildman–Crippen LogP) is 7.27. The molecule has 1 saturated carbocycles. The number of Topliss-reactive ketones (excluding diaryl/α,β-unsaturated/α-hetero) is 1. The van der Waals surface area contributed by atoms with E-state index in [-0.39, 0.29) is 23.5 Å². The SMILES string of the molecule is CC(C)(O)c1cc(C(F)(F)F)c2nc(CCCCC(=O)CC(C)(C)C(F)(F)F)n(C3CCC3)c2c1. The van der Waals surface area contributed by atoms with Crippen LogP contribution in [0.2, 0.25) is 0 Å². The number of imidazole rings is 1. The average molecular weight is 507 g/mol. The zero-order valence-electron chi connectivity index (χ0n) is 20.4. The standard InChI is InChI=1S/C25H32F6N2O2/c1-22(2,25(29,30)31)14-17(34)10-5-6-11-20-32-21-18(24(26,27)28)12-15(23(3,4)35)13-19(21)33(20)16-8-7-9-16/h12-13,16,35H,5-11,14H2,1-4H3. The van der Waals surface area contributed by atoms with Gasteiger partial charge in [-0.3, -0.25) is 4.79 Å². The van der Waals surface area contributed by atoms with E-state index < -0.39 is 41.1 Å². The summed E-state index contributed by atoms with van der Waals surface area (Å²) in [7, 11) is 0. The lowest BCUT2D eigenvalue weighted by atomic mass is 9.85. The van der Waals surface area contributed by atoms with E-state index in [1.54, 1.807) is 6.07 Å². The van der Waals surface area contributed by atoms with E-state index in [1.807, 2.05) is 4.57 Å². The molecule has 4 nitrogen and oxygen atoms in total. The minimum atomic E-state index is -4.66. The predicted molar refractivity (Wildman–Crippen MR) is 120 cm³/mol. The molecule has 10 heteroatoms. The van der Waals surface area contributed by atoms with Gasteiger partial charge in [0.1, 0.15) is 17.1 Å². The topological polar surface area (TPSA) is 55.1 Å². The summed E-state index contributed by atoms with van der Waals surface area (Å²) in [5, 5.41) is 10.4. The molecule has 3 rings (SSSR count). The molecule has 0 aliphatic heterocycles. The van der Waals surface area contributed by atoms with Crippen molar-refractivity contribution in [3.63, 3.8) is 0 Å². The van der Waals surface area contributed by atoms with Crippen molar-refractivity contribution in [3.8, 4) is 0 Å². The molecular formula is C25H32F6N2O2. The molecule has 2 aromatic rings. The number of fused-ring (bicyclic) bond motifs is 1. The summed E-state index contributed by atoms with van der Waals surface area (Å²) in [6.45, 7) is 4.84. The van der Waals surface area contributed by atoms with Gasteiger partial charge in [-0.2, -0.15) is 26.3 Å². The van der Waals surface area contributed by atoms with E-state index in [9.17, 15) is 36.2 Å². The van der Waals surface area contributed by atoms with Crippen LogP contribution in [0.4, 0.5) is 26.3 Å². The van der Waals surface area contributed by atoms with Crippen LogP contribution in [0.5, 0.6) is 0 Å². The van der Waals surface area contributed by atoms with E-state index in [0.29, 0.717) is 30.6 Å². The van der Waals surface area contributed by atoms with E-state index in [1.165, 1.54) is 13.8 Å². The summed E-state index contributed by atoms with van der Waals surface area (Å²) >= 11 is 0. The summed E-state index contributed by atoms with van der Waals surface area (Å²) in [5.74, 6) is -0.0276. The van der Waals surface area contributed by atoms with Gasteiger partial charge in [0.25, 0.3) is 0 Å². The molecule has 35 heavy (non-hydrogen) atoms. The van der Waals surface area contributed by atoms with Crippen molar-refractivity contribution in [1.82, 2.24) is 9.55 Å². The monoisotopic (exact) mass is 506 g/mol. The van der Waals surface area contributed by atoms with Gasteiger partial charge in [-0.15, -0.1) is 0 Å². The van der Waals surface area contributed by atoms with Gasteiger partial charge >= 0.3 is 12.4 Å². The minimum Gasteiger partial charge on any atom is -0.386 e. The number of benzene rings is 1. The average Bonchev–Trinajstić information content (AvgIpc) is 2.98. The highest BCUT2D eigenvalue weighted by Crippen LogP contribution is 2.42. The highest BCUT2D eigenvalue weighted by atomic mass is 19.4. The number of hydrogen-bond acceptors (Lipinski definition) is 3. The molecule has 0 unspecified atom stereocenters. The number of halogens is 6. The van der Waals surface area contributed by atoms with Crippen molar-refractivity contribution in [2.24, 2.45) is 5.41 Å². The Bertz CT molecular complexity index is 1070. The van der Waals surface area contributed by atoms with E-state index >= 15 is 0 Å². The van der Waals surface area contributed by atoms with Crippen molar-refractivity contribution < 1.29 is 36.2 Å². The highest BCUT2D eigenvalue weighted by Gasteiger charge is 2.48. The first-order valence-corrected chi connectivity index (χ1v) is 11.8. The Balaban J connectivity index is 1.84. The Kier molecular flexibility index (Phi) is 7.39. The first kappa shape index (κ1) is 27.5. The van der Waals surface area contributed by atoms with Crippen molar-refractivity contribution in [1.29, 1.82) is 0 Å². The summed E-state index contributed by atoms with van der Waals surface area (Å²) in [4.78, 5) is 16.4. The van der Waals surface area contributed by atoms with Gasteiger partial charge in [0.15, 0.2) is 0 Å². The Hall–Kier alpha value is -2.10. The fraction of sp³-hybridized carbons (Fsp3) is 0.680. The molecule has 1 aromatic carbocycles. The van der Waals surface area contributed by atoms with Gasteiger partial charge < -0.3 is 9.67 Å². The Morgan fingerprint density at radius 1 is 1.06 bits per heavy atom. The summed E-state index contributed by atoms with van der Waals surface area (Å²) in [5.41, 5.74) is -4.20. The largest absolute Gasteiger partial charge is 0.418 e. The van der Waals surface area contributed by atoms with Crippen LogP contribution in [-0.2, 0) is 23.0 Å². The molecule has 1 fully saturated rings. The van der Waals surface area contributed by atoms with Crippen molar-refractivity contribution in [2.45, 2.75) is 103 Å². The van der Waals surface area contributed by atoms with Crippen molar-refractivity contribution in [2.75, 3.05) is 0 Å². The zero-order chi connectivity index (χ0) is 26.4. The highest BCUT2D eigenvalue weighted by molar-refractivity contribution is 5.82. The van der Waals surface area contributed by atoms with Crippen LogP contribution in [-0.4, -0.2) is 26.6 Å². The number of aliphatic hydroxyl groups is 1. The number of aromatic nitrogens is 2. The van der Waals surface area contributed by atoms with Gasteiger partial charge in [0, 0.05) is 25.3 Å². The first-order chi connectivity index (χ1) is 15.9. The fourth-order valence-corrected chi connectivity index (χ4v) is 4.33. The maximum atomic E-state index is 13.9. The number of aryl methyl sites for hydroxylation is 1. The molecule has 0 bridgehead atoms. The Morgan fingerprint density at radius 3 is 2.17 bits per heavy atom. The summed E-state index contributed by atoms with van der Waals surface area (Å²) in [6, 6.07) is 2.50. The van der Waals surface area contributed by atoms with Crippen LogP contribution in [0.1, 0.15) is 95.6 Å². The van der Waals surface area contributed by atoms with Crippen LogP contribution in [0.15, 0.2) is 12.1 Å². The number of nitrogens with zero attached hydrogens (tertiary/aromatic N) is 2. The molecule has 0 amide bonds. The molecule has 1 aliphatic rings. The van der Waals surface area contributed by atoms with E-state index in [4.69, 9.17) is 0 Å². The fourth-order valence-electron chi connectivity index (χ4n) is 4.33. The lowest BCUT2D eigenvalue weighted by Crippen LogP contribution is -2.34. The smallest absolute Gasteiger partial charge is 0.386 e. The molecule has 0 spiro atoms. The second kappa shape index (κ2) is 9.41. The lowest BCUT2D eigenvalue weighted by molar-refractivity contribution is -0.213. The minimum absolute atomic E-state index is 0.00218. The maximum Gasteiger partial charge on any atom is 0.418 e. The number of hydrogen-bond donors (Lipinski definition) is 1. The number of ketones is 1. The third kappa shape index (κ3) is 6.01. The van der Waals surface area contributed by atoms with Crippen molar-refractivity contribution in [3.05, 3.63) is 29.1 Å². The number of rotatable bonds is 9. The van der Waals surface area contributed by atoms with E-state index in [0.717, 1.165) is 39.2 Å². The zero-order valence-corrected chi connectivity index (χ0v) is 20.4. The number of alkyl halides is 6. The third-order valence-corrected chi connectivity index (χ3v) is 6.83. The van der Waals surface area contributed by atoms with Gasteiger partial charge in [-0.25, -0.2) is 4.98 Å². The lowest BCUT2D eigenvalue weighted by Gasteiger charge is -2.30.